The predicted molar refractivity (Wildman–Crippen MR) is 186 cm³/mol. The highest BCUT2D eigenvalue weighted by molar-refractivity contribution is 7.71. The fraction of sp³-hybridized carbons (Fsp3) is 0.389. The van der Waals surface area contributed by atoms with Crippen LogP contribution in [0.4, 0.5) is 0 Å². The van der Waals surface area contributed by atoms with Crippen LogP contribution >= 0.6 is 12.2 Å². The van der Waals surface area contributed by atoms with Crippen LogP contribution in [0.15, 0.2) is 95.9 Å². The molecule has 1 aromatic heterocycles. The van der Waals surface area contributed by atoms with Crippen LogP contribution in [0, 0.1) is 4.77 Å². The van der Waals surface area contributed by atoms with Gasteiger partial charge in [0.05, 0.1) is 20.8 Å². The fourth-order valence-electron chi connectivity index (χ4n) is 5.63. The summed E-state index contributed by atoms with van der Waals surface area (Å²) < 4.78 is 33.2. The summed E-state index contributed by atoms with van der Waals surface area (Å²) >= 11 is 5.53. The Morgan fingerprint density at radius 1 is 0.872 bits per heavy atom. The molecule has 0 bridgehead atoms. The number of rotatable bonds is 11. The molecule has 2 N–H and O–H groups in total. The molecule has 250 valence electrons. The molecule has 9 nitrogen and oxygen atoms in total. The zero-order valence-electron chi connectivity index (χ0n) is 27.9. The zero-order chi connectivity index (χ0) is 34.0. The molecule has 5 rings (SSSR count). The number of hydrogen-bond donors (Lipinski definition) is 2. The Labute approximate surface area is 282 Å². The van der Waals surface area contributed by atoms with Gasteiger partial charge in [-0.05, 0) is 71.3 Å². The predicted octanol–water partition coefficient (Wildman–Crippen LogP) is 6.58. The lowest BCUT2D eigenvalue weighted by molar-refractivity contribution is -0.0953. The van der Waals surface area contributed by atoms with Gasteiger partial charge in [-0.3, -0.25) is 14.3 Å². The number of H-pyrrole nitrogens is 1. The first-order chi connectivity index (χ1) is 22.3. The molecular formula is C36H44N2O7SSi. The molecule has 1 aliphatic heterocycles. The molecule has 1 fully saturated rings. The van der Waals surface area contributed by atoms with Crippen molar-refractivity contribution < 1.29 is 28.5 Å². The number of aliphatic hydroxyl groups excluding tert-OH is 1. The van der Waals surface area contributed by atoms with Crippen LogP contribution in [0.2, 0.25) is 18.1 Å². The molecular weight excluding hydrogens is 633 g/mol. The minimum atomic E-state index is -2.40. The normalized spacial score (nSPS) is 20.3. The van der Waals surface area contributed by atoms with Gasteiger partial charge < -0.3 is 28.5 Å². The summed E-state index contributed by atoms with van der Waals surface area (Å²) in [6.45, 7) is 10.7. The summed E-state index contributed by atoms with van der Waals surface area (Å²) in [5.41, 5.74) is 1.17. The molecule has 11 heteroatoms. The number of ether oxygens (including phenoxy) is 4. The highest BCUT2D eigenvalue weighted by Crippen LogP contribution is 2.45. The molecule has 2 heterocycles. The molecule has 0 unspecified atom stereocenters. The third kappa shape index (κ3) is 7.01. The van der Waals surface area contributed by atoms with E-state index in [9.17, 15) is 9.90 Å². The van der Waals surface area contributed by atoms with E-state index in [1.807, 2.05) is 78.9 Å². The lowest BCUT2D eigenvalue weighted by Gasteiger charge is -2.40. The van der Waals surface area contributed by atoms with Gasteiger partial charge in [-0.25, -0.2) is 0 Å². The van der Waals surface area contributed by atoms with Gasteiger partial charge in [0.25, 0.3) is 5.56 Å². The Kier molecular flexibility index (Phi) is 10.3. The van der Waals surface area contributed by atoms with Crippen molar-refractivity contribution in [3.63, 3.8) is 0 Å². The van der Waals surface area contributed by atoms with Gasteiger partial charge >= 0.3 is 0 Å². The quantitative estimate of drug-likeness (QED) is 0.104. The van der Waals surface area contributed by atoms with Crippen molar-refractivity contribution in [1.82, 2.24) is 9.55 Å². The summed E-state index contributed by atoms with van der Waals surface area (Å²) in [7, 11) is 0.857. The smallest absolute Gasteiger partial charge is 0.251 e. The van der Waals surface area contributed by atoms with E-state index >= 15 is 0 Å². The minimum Gasteiger partial charge on any atom is -0.497 e. The third-order valence-corrected chi connectivity index (χ3v) is 14.1. The number of aromatic amines is 1. The van der Waals surface area contributed by atoms with E-state index < -0.39 is 38.5 Å². The van der Waals surface area contributed by atoms with Crippen molar-refractivity contribution in [3.8, 4) is 11.5 Å². The van der Waals surface area contributed by atoms with Gasteiger partial charge in [0, 0.05) is 12.3 Å². The first kappa shape index (κ1) is 34.7. The maximum atomic E-state index is 12.0. The third-order valence-electron chi connectivity index (χ3n) is 9.31. The van der Waals surface area contributed by atoms with Crippen LogP contribution in [-0.2, 0) is 19.5 Å². The van der Waals surface area contributed by atoms with Gasteiger partial charge in [-0.15, -0.1) is 0 Å². The number of nitrogens with one attached hydrogen (secondary N) is 1. The first-order valence-corrected chi connectivity index (χ1v) is 18.9. The Morgan fingerprint density at radius 3 is 1.89 bits per heavy atom. The van der Waals surface area contributed by atoms with Crippen molar-refractivity contribution in [3.05, 3.63) is 123 Å². The lowest BCUT2D eigenvalue weighted by Crippen LogP contribution is -2.49. The summed E-state index contributed by atoms with van der Waals surface area (Å²) in [6.07, 6.45) is -1.86. The van der Waals surface area contributed by atoms with E-state index in [4.69, 9.17) is 35.6 Å². The van der Waals surface area contributed by atoms with Crippen LogP contribution in [-0.4, -0.2) is 62.1 Å². The van der Waals surface area contributed by atoms with Crippen molar-refractivity contribution in [2.45, 2.75) is 69.0 Å². The monoisotopic (exact) mass is 676 g/mol. The van der Waals surface area contributed by atoms with E-state index in [-0.39, 0.29) is 22.0 Å². The van der Waals surface area contributed by atoms with Crippen LogP contribution in [0.1, 0.15) is 43.7 Å². The topological polar surface area (TPSA) is 104 Å². The van der Waals surface area contributed by atoms with Crippen molar-refractivity contribution in [1.29, 1.82) is 0 Å². The molecule has 0 amide bonds. The molecule has 3 aromatic carbocycles. The van der Waals surface area contributed by atoms with Crippen molar-refractivity contribution >= 4 is 20.5 Å². The Bertz CT molecular complexity index is 1700. The molecule has 0 aliphatic carbocycles. The van der Waals surface area contributed by atoms with E-state index in [2.05, 4.69) is 38.8 Å². The number of aliphatic hydroxyl groups is 1. The van der Waals surface area contributed by atoms with Crippen LogP contribution in [0.5, 0.6) is 11.5 Å². The Morgan fingerprint density at radius 2 is 1.40 bits per heavy atom. The van der Waals surface area contributed by atoms with Crippen molar-refractivity contribution in [2.75, 3.05) is 20.8 Å². The molecule has 0 spiro atoms. The average Bonchev–Trinajstić information content (AvgIpc) is 3.35. The number of hydrogen-bond acceptors (Lipinski definition) is 8. The standard InChI is InChI=1S/C36H44N2O7SSi/c1-35(2,3)47(6,7)45-32-31(40)29(44-33(32)38-22-21-30(39)37-34(38)46)23-43-36(24-11-9-8-10-12-24,25-13-17-27(41-4)18-14-25)26-15-19-28(42-5)20-16-26/h8-22,29,31-33,40H,23H2,1-7H3,(H,37,39,46)/t29-,31-,32-,33-/m1/s1. The second-order valence-electron chi connectivity index (χ2n) is 13.2. The zero-order valence-corrected chi connectivity index (χ0v) is 29.7. The van der Waals surface area contributed by atoms with Gasteiger partial charge in [-0.1, -0.05) is 75.4 Å². The summed E-state index contributed by atoms with van der Waals surface area (Å²) in [4.78, 5) is 14.7. The number of aromatic nitrogens is 2. The fourth-order valence-corrected chi connectivity index (χ4v) is 7.19. The summed E-state index contributed by atoms with van der Waals surface area (Å²) in [5.74, 6) is 1.43. The number of methoxy groups -OCH3 is 2. The first-order valence-electron chi connectivity index (χ1n) is 15.6. The minimum absolute atomic E-state index is 0.00133. The molecule has 0 radical (unpaired) electrons. The van der Waals surface area contributed by atoms with Gasteiger partial charge in [0.1, 0.15) is 35.4 Å². The lowest BCUT2D eigenvalue weighted by atomic mass is 9.80. The second kappa shape index (κ2) is 13.9. The van der Waals surface area contributed by atoms with Crippen LogP contribution in [0.3, 0.4) is 0 Å². The highest BCUT2D eigenvalue weighted by atomic mass is 32.1. The molecule has 1 aliphatic rings. The number of nitrogens with zero attached hydrogens (tertiary/aromatic N) is 1. The van der Waals surface area contributed by atoms with E-state index in [1.54, 1.807) is 25.0 Å². The SMILES string of the molecule is COc1ccc(C(OC[C@H]2O[C@@H](n3ccc(=O)[nH]c3=S)[C@H](O[Si](C)(C)C(C)(C)C)[C@@H]2O)(c2ccccc2)c2ccc(OC)cc2)cc1. The van der Waals surface area contributed by atoms with Gasteiger partial charge in [-0.2, -0.15) is 0 Å². The maximum absolute atomic E-state index is 12.0. The largest absolute Gasteiger partial charge is 0.497 e. The Balaban J connectivity index is 1.59. The van der Waals surface area contributed by atoms with Crippen LogP contribution < -0.4 is 15.0 Å². The van der Waals surface area contributed by atoms with Crippen molar-refractivity contribution in [2.24, 2.45) is 0 Å². The molecule has 0 saturated carbocycles. The Hall–Kier alpha value is -3.58. The molecule has 47 heavy (non-hydrogen) atoms. The molecule has 1 saturated heterocycles. The summed E-state index contributed by atoms with van der Waals surface area (Å²) in [5, 5.41) is 11.8. The second-order valence-corrected chi connectivity index (χ2v) is 18.4. The number of benzene rings is 3. The summed E-state index contributed by atoms with van der Waals surface area (Å²) in [6, 6.07) is 26.8. The molecule has 4 aromatic rings. The van der Waals surface area contributed by atoms with Gasteiger partial charge in [0.15, 0.2) is 19.3 Å². The average molecular weight is 677 g/mol. The molecule has 4 atom stereocenters. The van der Waals surface area contributed by atoms with Crippen LogP contribution in [0.25, 0.3) is 0 Å². The van der Waals surface area contributed by atoms with E-state index in [1.165, 1.54) is 6.07 Å². The van der Waals surface area contributed by atoms with E-state index in [0.29, 0.717) is 11.5 Å². The highest BCUT2D eigenvalue weighted by Gasteiger charge is 2.51. The maximum Gasteiger partial charge on any atom is 0.251 e. The van der Waals surface area contributed by atoms with Gasteiger partial charge in [0.2, 0.25) is 0 Å². The van der Waals surface area contributed by atoms with E-state index in [0.717, 1.165) is 16.7 Å².